The molecule has 7 heteroatoms. The fourth-order valence-electron chi connectivity index (χ4n) is 2.53. The Morgan fingerprint density at radius 3 is 2.75 bits per heavy atom. The van der Waals surface area contributed by atoms with Crippen molar-refractivity contribution in [3.63, 3.8) is 0 Å². The molecule has 0 aromatic carbocycles. The molecule has 3 N–H and O–H groups in total. The van der Waals surface area contributed by atoms with Gasteiger partial charge in [-0.05, 0) is 19.8 Å². The zero-order valence-electron chi connectivity index (χ0n) is 11.9. The van der Waals surface area contributed by atoms with Gasteiger partial charge in [-0.1, -0.05) is 12.8 Å². The minimum absolute atomic E-state index is 0.100. The van der Waals surface area contributed by atoms with Crippen molar-refractivity contribution in [1.82, 2.24) is 20.9 Å². The first kappa shape index (κ1) is 14.6. The average molecular weight is 281 g/mol. The van der Waals surface area contributed by atoms with Gasteiger partial charge in [0.15, 0.2) is 5.96 Å². The van der Waals surface area contributed by atoms with E-state index in [4.69, 9.17) is 0 Å². The number of hydrogen-bond donors (Lipinski definition) is 3. The van der Waals surface area contributed by atoms with Crippen LogP contribution in [-0.4, -0.2) is 55.0 Å². The quantitative estimate of drug-likeness (QED) is 0.377. The van der Waals surface area contributed by atoms with Crippen LogP contribution in [0.4, 0.5) is 4.79 Å². The van der Waals surface area contributed by atoms with Gasteiger partial charge in [0.25, 0.3) is 0 Å². The van der Waals surface area contributed by atoms with Crippen LogP contribution in [-0.2, 0) is 4.79 Å². The lowest BCUT2D eigenvalue weighted by atomic mass is 10.2. The van der Waals surface area contributed by atoms with Crippen LogP contribution in [0.15, 0.2) is 4.99 Å². The van der Waals surface area contributed by atoms with Crippen molar-refractivity contribution in [3.8, 4) is 0 Å². The molecular formula is C13H23N5O2. The summed E-state index contributed by atoms with van der Waals surface area (Å²) < 4.78 is 0. The molecule has 0 spiro atoms. The lowest BCUT2D eigenvalue weighted by molar-refractivity contribution is -0.124. The molecular weight excluding hydrogens is 258 g/mol. The number of amides is 3. The monoisotopic (exact) mass is 281 g/mol. The largest absolute Gasteiger partial charge is 0.357 e. The molecule has 1 saturated carbocycles. The first-order chi connectivity index (χ1) is 9.70. The predicted octanol–water partition coefficient (Wildman–Crippen LogP) is 0.0359. The molecule has 3 amide bonds. The number of carbonyl (C=O) groups excluding carboxylic acids is 2. The summed E-state index contributed by atoms with van der Waals surface area (Å²) in [6, 6.07) is 0.170. The number of carbonyl (C=O) groups is 2. The van der Waals surface area contributed by atoms with Crippen LogP contribution in [0.1, 0.15) is 32.6 Å². The first-order valence-electron chi connectivity index (χ1n) is 7.33. The van der Waals surface area contributed by atoms with Crippen LogP contribution >= 0.6 is 0 Å². The van der Waals surface area contributed by atoms with Crippen LogP contribution in [0, 0.1) is 0 Å². The van der Waals surface area contributed by atoms with Gasteiger partial charge in [0.05, 0.1) is 19.6 Å². The van der Waals surface area contributed by atoms with Gasteiger partial charge in [0, 0.05) is 12.6 Å². The smallest absolute Gasteiger partial charge is 0.324 e. The molecule has 20 heavy (non-hydrogen) atoms. The van der Waals surface area contributed by atoms with Crippen molar-refractivity contribution in [2.45, 2.75) is 38.6 Å². The van der Waals surface area contributed by atoms with Gasteiger partial charge in [0.2, 0.25) is 5.91 Å². The Balaban J connectivity index is 1.81. The molecule has 2 fully saturated rings. The van der Waals surface area contributed by atoms with E-state index in [1.807, 2.05) is 6.92 Å². The van der Waals surface area contributed by atoms with Gasteiger partial charge >= 0.3 is 6.03 Å². The van der Waals surface area contributed by atoms with E-state index < -0.39 is 0 Å². The number of guanidine groups is 1. The summed E-state index contributed by atoms with van der Waals surface area (Å²) >= 11 is 0. The summed E-state index contributed by atoms with van der Waals surface area (Å²) in [7, 11) is 0. The van der Waals surface area contributed by atoms with Gasteiger partial charge < -0.3 is 16.0 Å². The second kappa shape index (κ2) is 7.12. The highest BCUT2D eigenvalue weighted by molar-refractivity contribution is 6.01. The summed E-state index contributed by atoms with van der Waals surface area (Å²) in [5.41, 5.74) is 0. The Morgan fingerprint density at radius 2 is 2.15 bits per heavy atom. The van der Waals surface area contributed by atoms with Crippen molar-refractivity contribution in [2.75, 3.05) is 26.2 Å². The van der Waals surface area contributed by atoms with E-state index >= 15 is 0 Å². The number of imide groups is 1. The SMILES string of the molecule is CCNC(=NCCN1C(=O)CNC1=O)NC1CCCC1. The summed E-state index contributed by atoms with van der Waals surface area (Å²) in [5.74, 6) is 0.588. The lowest BCUT2D eigenvalue weighted by Gasteiger charge is -2.17. The van der Waals surface area contributed by atoms with Crippen LogP contribution in [0.25, 0.3) is 0 Å². The fourth-order valence-corrected chi connectivity index (χ4v) is 2.53. The Hall–Kier alpha value is -1.79. The maximum atomic E-state index is 11.4. The van der Waals surface area contributed by atoms with Gasteiger partial charge in [-0.2, -0.15) is 0 Å². The number of rotatable bonds is 5. The molecule has 2 rings (SSSR count). The third-order valence-corrected chi connectivity index (χ3v) is 3.57. The Labute approximate surface area is 119 Å². The first-order valence-corrected chi connectivity index (χ1v) is 7.33. The van der Waals surface area contributed by atoms with E-state index in [1.165, 1.54) is 30.6 Å². The topological polar surface area (TPSA) is 85.8 Å². The third kappa shape index (κ3) is 3.85. The van der Waals surface area contributed by atoms with Crippen molar-refractivity contribution < 1.29 is 9.59 Å². The highest BCUT2D eigenvalue weighted by Crippen LogP contribution is 2.17. The lowest BCUT2D eigenvalue weighted by Crippen LogP contribution is -2.43. The van der Waals surface area contributed by atoms with Crippen molar-refractivity contribution in [3.05, 3.63) is 0 Å². The van der Waals surface area contributed by atoms with Gasteiger partial charge in [-0.3, -0.25) is 14.7 Å². The molecule has 2 aliphatic rings. The Bertz CT molecular complexity index is 374. The maximum Gasteiger partial charge on any atom is 0.324 e. The van der Waals surface area contributed by atoms with E-state index in [0.717, 1.165) is 12.5 Å². The van der Waals surface area contributed by atoms with E-state index in [2.05, 4.69) is 20.9 Å². The van der Waals surface area contributed by atoms with E-state index in [9.17, 15) is 9.59 Å². The second-order valence-corrected chi connectivity index (χ2v) is 5.09. The average Bonchev–Trinajstić information content (AvgIpc) is 3.03. The summed E-state index contributed by atoms with van der Waals surface area (Å²) in [6.45, 7) is 3.65. The maximum absolute atomic E-state index is 11.4. The number of urea groups is 1. The molecule has 0 aromatic heterocycles. The molecule has 0 unspecified atom stereocenters. The molecule has 1 saturated heterocycles. The molecule has 112 valence electrons. The molecule has 0 atom stereocenters. The molecule has 0 aromatic rings. The van der Waals surface area contributed by atoms with E-state index in [0.29, 0.717) is 19.1 Å². The number of aliphatic imine (C=N–C) groups is 1. The molecule has 0 bridgehead atoms. The van der Waals surface area contributed by atoms with E-state index in [1.54, 1.807) is 0 Å². The zero-order valence-corrected chi connectivity index (χ0v) is 11.9. The van der Waals surface area contributed by atoms with E-state index in [-0.39, 0.29) is 18.5 Å². The van der Waals surface area contributed by atoms with Crippen molar-refractivity contribution in [2.24, 2.45) is 4.99 Å². The second-order valence-electron chi connectivity index (χ2n) is 5.09. The number of nitrogens with one attached hydrogen (secondary N) is 3. The molecule has 0 radical (unpaired) electrons. The molecule has 1 aliphatic heterocycles. The summed E-state index contributed by atoms with van der Waals surface area (Å²) in [5, 5.41) is 9.09. The fraction of sp³-hybridized carbons (Fsp3) is 0.769. The minimum Gasteiger partial charge on any atom is -0.357 e. The number of hydrogen-bond acceptors (Lipinski definition) is 3. The summed E-state index contributed by atoms with van der Waals surface area (Å²) in [6.07, 6.45) is 4.88. The Morgan fingerprint density at radius 1 is 1.40 bits per heavy atom. The molecule has 7 nitrogen and oxygen atoms in total. The van der Waals surface area contributed by atoms with Gasteiger partial charge in [-0.15, -0.1) is 0 Å². The van der Waals surface area contributed by atoms with Crippen LogP contribution in [0.3, 0.4) is 0 Å². The van der Waals surface area contributed by atoms with Gasteiger partial charge in [0.1, 0.15) is 0 Å². The van der Waals surface area contributed by atoms with Crippen LogP contribution in [0.2, 0.25) is 0 Å². The summed E-state index contributed by atoms with van der Waals surface area (Å²) in [4.78, 5) is 28.4. The minimum atomic E-state index is -0.320. The third-order valence-electron chi connectivity index (χ3n) is 3.57. The number of nitrogens with zero attached hydrogens (tertiary/aromatic N) is 2. The molecule has 1 heterocycles. The Kier molecular flexibility index (Phi) is 5.20. The van der Waals surface area contributed by atoms with Crippen LogP contribution < -0.4 is 16.0 Å². The standard InChI is InChI=1S/C13H23N5O2/c1-2-14-12(17-10-5-3-4-6-10)15-7-8-18-11(19)9-16-13(18)20/h10H,2-9H2,1H3,(H,16,20)(H2,14,15,17). The van der Waals surface area contributed by atoms with Gasteiger partial charge in [-0.25, -0.2) is 4.79 Å². The normalized spacial score (nSPS) is 20.4. The van der Waals surface area contributed by atoms with Crippen LogP contribution in [0.5, 0.6) is 0 Å². The zero-order chi connectivity index (χ0) is 14.4. The van der Waals surface area contributed by atoms with Crippen molar-refractivity contribution in [1.29, 1.82) is 0 Å². The molecule has 1 aliphatic carbocycles. The highest BCUT2D eigenvalue weighted by Gasteiger charge is 2.27. The highest BCUT2D eigenvalue weighted by atomic mass is 16.2. The predicted molar refractivity (Wildman–Crippen MR) is 76.5 cm³/mol. The van der Waals surface area contributed by atoms with Crippen molar-refractivity contribution >= 4 is 17.9 Å².